The predicted molar refractivity (Wildman–Crippen MR) is 69.6 cm³/mol. The van der Waals surface area contributed by atoms with Gasteiger partial charge in [-0.25, -0.2) is 0 Å². The standard InChI is InChI=1S/C11H13BrN2O4/c1-2-18-6-5-13-11(15)9-7-8(14(16)17)3-4-10(9)12/h3-4,7H,2,5-6H2,1H3,(H,13,15). The third-order valence-corrected chi connectivity index (χ3v) is 2.83. The van der Waals surface area contributed by atoms with Gasteiger partial charge in [0, 0.05) is 29.8 Å². The van der Waals surface area contributed by atoms with Gasteiger partial charge in [0.15, 0.2) is 0 Å². The van der Waals surface area contributed by atoms with E-state index in [1.807, 2.05) is 6.92 Å². The number of benzene rings is 1. The first-order valence-electron chi connectivity index (χ1n) is 5.36. The molecule has 0 unspecified atom stereocenters. The number of nitrogens with one attached hydrogen (secondary N) is 1. The second kappa shape index (κ2) is 7.07. The van der Waals surface area contributed by atoms with Crippen LogP contribution in [-0.4, -0.2) is 30.6 Å². The van der Waals surface area contributed by atoms with Crippen molar-refractivity contribution in [3.63, 3.8) is 0 Å². The first-order valence-corrected chi connectivity index (χ1v) is 6.15. The van der Waals surface area contributed by atoms with Crippen LogP contribution in [0.2, 0.25) is 0 Å². The molecule has 0 saturated heterocycles. The number of ether oxygens (including phenoxy) is 1. The highest BCUT2D eigenvalue weighted by Gasteiger charge is 2.14. The monoisotopic (exact) mass is 316 g/mol. The van der Waals surface area contributed by atoms with Crippen LogP contribution < -0.4 is 5.32 Å². The number of carbonyl (C=O) groups is 1. The van der Waals surface area contributed by atoms with E-state index in [2.05, 4.69) is 21.2 Å². The Morgan fingerprint density at radius 1 is 1.56 bits per heavy atom. The van der Waals surface area contributed by atoms with Gasteiger partial charge in [-0.15, -0.1) is 0 Å². The molecule has 7 heteroatoms. The summed E-state index contributed by atoms with van der Waals surface area (Å²) in [6.07, 6.45) is 0. The van der Waals surface area contributed by atoms with Crippen LogP contribution in [0.15, 0.2) is 22.7 Å². The molecule has 0 aliphatic rings. The molecule has 1 N–H and O–H groups in total. The number of hydrogen-bond acceptors (Lipinski definition) is 4. The van der Waals surface area contributed by atoms with Crippen molar-refractivity contribution in [3.05, 3.63) is 38.3 Å². The first kappa shape index (κ1) is 14.6. The molecule has 98 valence electrons. The number of hydrogen-bond donors (Lipinski definition) is 1. The molecule has 1 aromatic rings. The van der Waals surface area contributed by atoms with E-state index >= 15 is 0 Å². The molecule has 0 saturated carbocycles. The van der Waals surface area contributed by atoms with Gasteiger partial charge in [0.2, 0.25) is 0 Å². The molecule has 0 heterocycles. The molecular weight excluding hydrogens is 304 g/mol. The summed E-state index contributed by atoms with van der Waals surface area (Å²) in [5.41, 5.74) is 0.119. The quantitative estimate of drug-likeness (QED) is 0.495. The van der Waals surface area contributed by atoms with E-state index in [1.54, 1.807) is 0 Å². The molecule has 0 spiro atoms. The van der Waals surface area contributed by atoms with Crippen molar-refractivity contribution in [3.8, 4) is 0 Å². The van der Waals surface area contributed by atoms with Crippen LogP contribution in [0.3, 0.4) is 0 Å². The van der Waals surface area contributed by atoms with Crippen LogP contribution in [0.25, 0.3) is 0 Å². The van der Waals surface area contributed by atoms with E-state index in [0.29, 0.717) is 24.2 Å². The summed E-state index contributed by atoms with van der Waals surface area (Å²) < 4.78 is 5.59. The van der Waals surface area contributed by atoms with Crippen LogP contribution in [0, 0.1) is 10.1 Å². The maximum atomic E-state index is 11.8. The second-order valence-electron chi connectivity index (χ2n) is 3.37. The highest BCUT2D eigenvalue weighted by Crippen LogP contribution is 2.22. The molecule has 0 atom stereocenters. The van der Waals surface area contributed by atoms with Crippen LogP contribution in [0.1, 0.15) is 17.3 Å². The lowest BCUT2D eigenvalue weighted by atomic mass is 10.2. The van der Waals surface area contributed by atoms with Crippen LogP contribution >= 0.6 is 15.9 Å². The Hall–Kier alpha value is -1.47. The summed E-state index contributed by atoms with van der Waals surface area (Å²) in [4.78, 5) is 21.9. The smallest absolute Gasteiger partial charge is 0.270 e. The number of nitro groups is 1. The number of amides is 1. The van der Waals surface area contributed by atoms with E-state index < -0.39 is 4.92 Å². The fourth-order valence-electron chi connectivity index (χ4n) is 1.28. The van der Waals surface area contributed by atoms with Crippen LogP contribution in [0.5, 0.6) is 0 Å². The van der Waals surface area contributed by atoms with E-state index in [-0.39, 0.29) is 17.2 Å². The Morgan fingerprint density at radius 3 is 2.89 bits per heavy atom. The predicted octanol–water partition coefficient (Wildman–Crippen LogP) is 2.12. The summed E-state index contributed by atoms with van der Waals surface area (Å²) >= 11 is 3.19. The average Bonchev–Trinajstić information content (AvgIpc) is 2.34. The molecule has 1 amide bonds. The molecule has 0 aliphatic heterocycles. The van der Waals surface area contributed by atoms with Gasteiger partial charge in [-0.3, -0.25) is 14.9 Å². The van der Waals surface area contributed by atoms with Crippen LogP contribution in [0.4, 0.5) is 5.69 Å². The van der Waals surface area contributed by atoms with Gasteiger partial charge in [0.25, 0.3) is 11.6 Å². The van der Waals surface area contributed by atoms with Gasteiger partial charge >= 0.3 is 0 Å². The maximum Gasteiger partial charge on any atom is 0.270 e. The van der Waals surface area contributed by atoms with Crippen molar-refractivity contribution in [2.45, 2.75) is 6.92 Å². The fraction of sp³-hybridized carbons (Fsp3) is 0.364. The second-order valence-corrected chi connectivity index (χ2v) is 4.23. The molecule has 0 radical (unpaired) electrons. The number of carbonyl (C=O) groups excluding carboxylic acids is 1. The molecule has 0 aliphatic carbocycles. The lowest BCUT2D eigenvalue weighted by Crippen LogP contribution is -2.27. The number of halogens is 1. The van der Waals surface area contributed by atoms with Gasteiger partial charge < -0.3 is 10.1 Å². The Morgan fingerprint density at radius 2 is 2.28 bits per heavy atom. The molecule has 18 heavy (non-hydrogen) atoms. The highest BCUT2D eigenvalue weighted by atomic mass is 79.9. The van der Waals surface area contributed by atoms with Gasteiger partial charge in [-0.05, 0) is 28.9 Å². The first-order chi connectivity index (χ1) is 8.56. The number of nitro benzene ring substituents is 1. The lowest BCUT2D eigenvalue weighted by Gasteiger charge is -2.06. The maximum absolute atomic E-state index is 11.8. The highest BCUT2D eigenvalue weighted by molar-refractivity contribution is 9.10. The summed E-state index contributed by atoms with van der Waals surface area (Å²) in [5, 5.41) is 13.2. The molecule has 6 nitrogen and oxygen atoms in total. The zero-order valence-corrected chi connectivity index (χ0v) is 11.4. The summed E-state index contributed by atoms with van der Waals surface area (Å²) in [6, 6.07) is 4.05. The number of rotatable bonds is 6. The SMILES string of the molecule is CCOCCNC(=O)c1cc([N+](=O)[O-])ccc1Br. The third kappa shape index (κ3) is 4.08. The van der Waals surface area contributed by atoms with Gasteiger partial charge in [0.1, 0.15) is 0 Å². The molecule has 1 rings (SSSR count). The Kier molecular flexibility index (Phi) is 5.73. The van der Waals surface area contributed by atoms with Crippen LogP contribution in [-0.2, 0) is 4.74 Å². The largest absolute Gasteiger partial charge is 0.380 e. The minimum Gasteiger partial charge on any atom is -0.380 e. The molecule has 0 bridgehead atoms. The van der Waals surface area contributed by atoms with Crippen molar-refractivity contribution in [2.24, 2.45) is 0 Å². The van der Waals surface area contributed by atoms with Gasteiger partial charge in [-0.1, -0.05) is 0 Å². The summed E-state index contributed by atoms with van der Waals surface area (Å²) in [5.74, 6) is -0.370. The van der Waals surface area contributed by atoms with Crippen molar-refractivity contribution in [1.29, 1.82) is 0 Å². The fourth-order valence-corrected chi connectivity index (χ4v) is 1.70. The summed E-state index contributed by atoms with van der Waals surface area (Å²) in [7, 11) is 0. The average molecular weight is 317 g/mol. The zero-order valence-electron chi connectivity index (χ0n) is 9.81. The van der Waals surface area contributed by atoms with Crippen molar-refractivity contribution in [1.82, 2.24) is 5.32 Å². The third-order valence-electron chi connectivity index (χ3n) is 2.14. The Balaban J connectivity index is 2.72. The molecule has 1 aromatic carbocycles. The van der Waals surface area contributed by atoms with E-state index in [4.69, 9.17) is 4.74 Å². The number of non-ortho nitro benzene ring substituents is 1. The normalized spacial score (nSPS) is 10.1. The molecule has 0 fully saturated rings. The molecular formula is C11H13BrN2O4. The van der Waals surface area contributed by atoms with Crippen molar-refractivity contribution < 1.29 is 14.5 Å². The van der Waals surface area contributed by atoms with E-state index in [1.165, 1.54) is 18.2 Å². The van der Waals surface area contributed by atoms with Gasteiger partial charge in [0.05, 0.1) is 17.1 Å². The minimum absolute atomic E-state index is 0.117. The van der Waals surface area contributed by atoms with Crippen molar-refractivity contribution >= 4 is 27.5 Å². The van der Waals surface area contributed by atoms with Crippen molar-refractivity contribution in [2.75, 3.05) is 19.8 Å². The minimum atomic E-state index is -0.538. The van der Waals surface area contributed by atoms with E-state index in [9.17, 15) is 14.9 Å². The number of nitrogens with zero attached hydrogens (tertiary/aromatic N) is 1. The zero-order chi connectivity index (χ0) is 13.5. The lowest BCUT2D eigenvalue weighted by molar-refractivity contribution is -0.384. The molecule has 0 aromatic heterocycles. The van der Waals surface area contributed by atoms with Gasteiger partial charge in [-0.2, -0.15) is 0 Å². The topological polar surface area (TPSA) is 81.5 Å². The summed E-state index contributed by atoms with van der Waals surface area (Å²) in [6.45, 7) is 3.21. The Bertz CT molecular complexity index is 451. The van der Waals surface area contributed by atoms with E-state index in [0.717, 1.165) is 0 Å². The Labute approximate surface area is 113 Å².